The summed E-state index contributed by atoms with van der Waals surface area (Å²) in [7, 11) is 0. The summed E-state index contributed by atoms with van der Waals surface area (Å²) in [6, 6.07) is 0. The molecule has 0 heterocycles. The van der Waals surface area contributed by atoms with Crippen LogP contribution in [0, 0.1) is 0 Å². The van der Waals surface area contributed by atoms with E-state index in [0.717, 1.165) is 10.2 Å². The molecule has 0 N–H and O–H groups in total. The molecule has 0 aliphatic heterocycles. The third-order valence-corrected chi connectivity index (χ3v) is 10.2. The largest absolute Gasteiger partial charge is 0.168 e. The molecule has 0 aromatic rings. The van der Waals surface area contributed by atoms with E-state index in [4.69, 9.17) is 0 Å². The first-order chi connectivity index (χ1) is 8.78. The molecule has 0 aliphatic carbocycles. The van der Waals surface area contributed by atoms with E-state index in [2.05, 4.69) is 50.2 Å². The van der Waals surface area contributed by atoms with Crippen molar-refractivity contribution in [2.24, 2.45) is 0 Å². The Balaban J connectivity index is 3.81. The SMILES string of the molecule is CCSCSCSC(CC(SC)SCS)SCS. The summed E-state index contributed by atoms with van der Waals surface area (Å²) in [5.74, 6) is 1.22. The van der Waals surface area contributed by atoms with E-state index in [9.17, 15) is 0 Å². The maximum atomic E-state index is 4.35. The van der Waals surface area contributed by atoms with Gasteiger partial charge in [0.25, 0.3) is 0 Å². The quantitative estimate of drug-likeness (QED) is 0.228. The summed E-state index contributed by atoms with van der Waals surface area (Å²) < 4.78 is 1.34. The van der Waals surface area contributed by atoms with Crippen molar-refractivity contribution in [2.75, 3.05) is 32.3 Å². The second kappa shape index (κ2) is 16.2. The van der Waals surface area contributed by atoms with Crippen molar-refractivity contribution in [3.63, 3.8) is 0 Å². The van der Waals surface area contributed by atoms with Gasteiger partial charge in [-0.3, -0.25) is 0 Å². The third kappa shape index (κ3) is 12.5. The van der Waals surface area contributed by atoms with Gasteiger partial charge in [0.05, 0.1) is 9.16 Å². The predicted molar refractivity (Wildman–Crippen MR) is 112 cm³/mol. The van der Waals surface area contributed by atoms with E-state index in [1.807, 2.05) is 58.8 Å². The summed E-state index contributed by atoms with van der Waals surface area (Å²) in [6.45, 7) is 2.22. The molecule has 0 nitrogen and oxygen atoms in total. The zero-order valence-electron chi connectivity index (χ0n) is 10.7. The first-order valence-corrected chi connectivity index (χ1v) is 13.5. The van der Waals surface area contributed by atoms with Crippen LogP contribution < -0.4 is 0 Å². The Morgan fingerprint density at radius 3 is 2.11 bits per heavy atom. The number of hydrogen-bond donors (Lipinski definition) is 2. The zero-order valence-corrected chi connectivity index (χ0v) is 17.4. The molecule has 0 radical (unpaired) electrons. The molecular weight excluding hydrogens is 377 g/mol. The summed E-state index contributed by atoms with van der Waals surface area (Å²) >= 11 is 20.6. The maximum Gasteiger partial charge on any atom is 0.0537 e. The molecule has 2 atom stereocenters. The molecule has 0 aliphatic rings. The molecule has 0 amide bonds. The normalized spacial score (nSPS) is 14.7. The smallest absolute Gasteiger partial charge is 0.0537 e. The highest BCUT2D eigenvalue weighted by atomic mass is 32.3. The predicted octanol–water partition coefficient (Wildman–Crippen LogP) is 5.77. The van der Waals surface area contributed by atoms with Crippen molar-refractivity contribution >= 4 is 95.8 Å². The minimum Gasteiger partial charge on any atom is -0.168 e. The lowest BCUT2D eigenvalue weighted by Gasteiger charge is -2.20. The first kappa shape index (κ1) is 20.8. The average molecular weight is 399 g/mol. The summed E-state index contributed by atoms with van der Waals surface area (Å²) in [5.41, 5.74) is 0. The van der Waals surface area contributed by atoms with E-state index in [1.54, 1.807) is 0 Å². The molecule has 2 unspecified atom stereocenters. The fourth-order valence-electron chi connectivity index (χ4n) is 1.04. The van der Waals surface area contributed by atoms with Crippen molar-refractivity contribution < 1.29 is 0 Å². The molecule has 110 valence electrons. The average Bonchev–Trinajstić information content (AvgIpc) is 2.38. The fourth-order valence-corrected chi connectivity index (χ4v) is 9.77. The molecule has 0 saturated carbocycles. The van der Waals surface area contributed by atoms with Gasteiger partial charge >= 0.3 is 0 Å². The first-order valence-electron chi connectivity index (χ1n) is 5.53. The number of thioether (sulfide) groups is 6. The molecule has 0 spiro atoms. The van der Waals surface area contributed by atoms with Crippen LogP contribution in [0.1, 0.15) is 13.3 Å². The second-order valence-corrected chi connectivity index (χ2v) is 12.7. The Kier molecular flexibility index (Phi) is 18.7. The van der Waals surface area contributed by atoms with E-state index in [1.165, 1.54) is 22.3 Å². The van der Waals surface area contributed by atoms with Gasteiger partial charge < -0.3 is 0 Å². The van der Waals surface area contributed by atoms with Gasteiger partial charge in [0.1, 0.15) is 0 Å². The van der Waals surface area contributed by atoms with Gasteiger partial charge in [-0.05, 0) is 18.4 Å². The molecule has 0 bridgehead atoms. The highest BCUT2D eigenvalue weighted by molar-refractivity contribution is 8.27. The van der Waals surface area contributed by atoms with E-state index < -0.39 is 0 Å². The summed E-state index contributed by atoms with van der Waals surface area (Å²) in [4.78, 5) is 0. The van der Waals surface area contributed by atoms with Crippen LogP contribution in [0.5, 0.6) is 0 Å². The van der Waals surface area contributed by atoms with Gasteiger partial charge in [-0.25, -0.2) is 0 Å². The molecule has 0 aromatic carbocycles. The van der Waals surface area contributed by atoms with Crippen LogP contribution in [0.2, 0.25) is 0 Å². The lowest BCUT2D eigenvalue weighted by molar-refractivity contribution is 1.03. The molecule has 0 saturated heterocycles. The van der Waals surface area contributed by atoms with Crippen molar-refractivity contribution in [2.45, 2.75) is 22.5 Å². The lowest BCUT2D eigenvalue weighted by atomic mass is 10.5. The van der Waals surface area contributed by atoms with Crippen molar-refractivity contribution in [1.82, 2.24) is 0 Å². The van der Waals surface area contributed by atoms with Gasteiger partial charge in [0, 0.05) is 20.3 Å². The molecular formula is C10H22S8. The van der Waals surface area contributed by atoms with Crippen LogP contribution in [0.25, 0.3) is 0 Å². The van der Waals surface area contributed by atoms with E-state index >= 15 is 0 Å². The van der Waals surface area contributed by atoms with E-state index in [-0.39, 0.29) is 0 Å². The Labute approximate surface area is 149 Å². The second-order valence-electron chi connectivity index (χ2n) is 3.02. The molecule has 18 heavy (non-hydrogen) atoms. The van der Waals surface area contributed by atoms with Crippen molar-refractivity contribution in [1.29, 1.82) is 0 Å². The van der Waals surface area contributed by atoms with Crippen LogP contribution in [0.15, 0.2) is 0 Å². The highest BCUT2D eigenvalue weighted by Crippen LogP contribution is 2.37. The number of thiol groups is 2. The Hall–Kier alpha value is 2.80. The van der Waals surface area contributed by atoms with E-state index in [0.29, 0.717) is 9.16 Å². The summed E-state index contributed by atoms with van der Waals surface area (Å²) in [6.07, 6.45) is 3.44. The third-order valence-electron chi connectivity index (χ3n) is 1.88. The molecule has 0 rings (SSSR count). The fraction of sp³-hybridized carbons (Fsp3) is 1.00. The van der Waals surface area contributed by atoms with Gasteiger partial charge in [0.2, 0.25) is 0 Å². The Morgan fingerprint density at radius 1 is 0.889 bits per heavy atom. The van der Waals surface area contributed by atoms with Crippen LogP contribution in [0.3, 0.4) is 0 Å². The monoisotopic (exact) mass is 398 g/mol. The van der Waals surface area contributed by atoms with Crippen LogP contribution in [-0.4, -0.2) is 41.5 Å². The number of rotatable bonds is 13. The lowest BCUT2D eigenvalue weighted by Crippen LogP contribution is -2.07. The molecule has 0 fully saturated rings. The standard InChI is InChI=1S/C10H22S8/c1-3-14-7-15-8-18-10(17-6-12)4-9(13-2)16-5-11/h9-12H,3-8H2,1-2H3. The Morgan fingerprint density at radius 2 is 1.56 bits per heavy atom. The van der Waals surface area contributed by atoms with Crippen molar-refractivity contribution in [3.8, 4) is 0 Å². The maximum absolute atomic E-state index is 4.35. The topological polar surface area (TPSA) is 0 Å². The zero-order chi connectivity index (χ0) is 13.6. The number of hydrogen-bond acceptors (Lipinski definition) is 8. The summed E-state index contributed by atoms with van der Waals surface area (Å²) in [5, 5.41) is 4.25. The molecule has 8 heteroatoms. The van der Waals surface area contributed by atoms with Crippen LogP contribution >= 0.6 is 95.8 Å². The minimum atomic E-state index is 0.669. The van der Waals surface area contributed by atoms with Gasteiger partial charge in [0.15, 0.2) is 0 Å². The Bertz CT molecular complexity index is 168. The van der Waals surface area contributed by atoms with Gasteiger partial charge in [-0.1, -0.05) is 6.92 Å². The van der Waals surface area contributed by atoms with Gasteiger partial charge in [-0.2, -0.15) is 48.8 Å². The molecule has 0 aromatic heterocycles. The van der Waals surface area contributed by atoms with Crippen LogP contribution in [0.4, 0.5) is 0 Å². The minimum absolute atomic E-state index is 0.669. The van der Waals surface area contributed by atoms with Crippen molar-refractivity contribution in [3.05, 3.63) is 0 Å². The van der Waals surface area contributed by atoms with Crippen LogP contribution in [-0.2, 0) is 0 Å². The van der Waals surface area contributed by atoms with Gasteiger partial charge in [-0.15, -0.1) is 47.0 Å². The highest BCUT2D eigenvalue weighted by Gasteiger charge is 2.16.